The molecule has 2 heteroatoms. The number of hydrogen-bond acceptors (Lipinski definition) is 1. The molecule has 0 saturated carbocycles. The molecule has 0 amide bonds. The summed E-state index contributed by atoms with van der Waals surface area (Å²) in [5.74, 6) is 0. The van der Waals surface area contributed by atoms with Crippen LogP contribution in [-0.2, 0) is 0 Å². The van der Waals surface area contributed by atoms with Crippen LogP contribution in [-0.4, -0.2) is 12.1 Å². The van der Waals surface area contributed by atoms with Gasteiger partial charge in [0, 0.05) is 12.5 Å². The van der Waals surface area contributed by atoms with Crippen LogP contribution in [0.3, 0.4) is 0 Å². The van der Waals surface area contributed by atoms with Crippen LogP contribution < -0.4 is 0 Å². The Morgan fingerprint density at radius 1 is 1.78 bits per heavy atom. The van der Waals surface area contributed by atoms with Gasteiger partial charge in [-0.2, -0.15) is 0 Å². The van der Waals surface area contributed by atoms with Gasteiger partial charge >= 0.3 is 0 Å². The standard InChI is InChI=1S/C7H7N2/c8-6-9-7-4-2-1-3-5-7/h1-3,6,8H,4H2. The molecule has 1 N–H and O–H groups in total. The number of nitrogens with zero attached hydrogens (tertiary/aromatic N) is 1. The fourth-order valence-electron chi connectivity index (χ4n) is 0.619. The maximum Gasteiger partial charge on any atom is 0.107 e. The van der Waals surface area contributed by atoms with Crippen LogP contribution in [0.25, 0.3) is 0 Å². The van der Waals surface area contributed by atoms with Crippen molar-refractivity contribution in [3.05, 3.63) is 24.3 Å². The van der Waals surface area contributed by atoms with E-state index in [1.54, 1.807) is 6.08 Å². The van der Waals surface area contributed by atoms with E-state index in [0.29, 0.717) is 0 Å². The van der Waals surface area contributed by atoms with Gasteiger partial charge in [0.25, 0.3) is 0 Å². The van der Waals surface area contributed by atoms with Crippen molar-refractivity contribution in [2.45, 2.75) is 6.42 Å². The van der Waals surface area contributed by atoms with E-state index < -0.39 is 0 Å². The van der Waals surface area contributed by atoms with E-state index in [4.69, 9.17) is 5.41 Å². The zero-order chi connectivity index (χ0) is 6.53. The zero-order valence-electron chi connectivity index (χ0n) is 4.96. The van der Waals surface area contributed by atoms with Crippen LogP contribution in [0.4, 0.5) is 0 Å². The minimum absolute atomic E-state index is 0.798. The van der Waals surface area contributed by atoms with Gasteiger partial charge in [0.05, 0.1) is 5.71 Å². The Bertz CT molecular complexity index is 187. The highest BCUT2D eigenvalue weighted by Gasteiger charge is 1.92. The summed E-state index contributed by atoms with van der Waals surface area (Å²) in [5.41, 5.74) is 0.826. The van der Waals surface area contributed by atoms with Crippen LogP contribution in [0.15, 0.2) is 23.2 Å². The number of nitrogens with one attached hydrogen (secondary N) is 1. The van der Waals surface area contributed by atoms with Gasteiger partial charge in [-0.25, -0.2) is 4.99 Å². The molecule has 45 valence electrons. The van der Waals surface area contributed by atoms with E-state index >= 15 is 0 Å². The highest BCUT2D eigenvalue weighted by atomic mass is 14.8. The van der Waals surface area contributed by atoms with Crippen molar-refractivity contribution in [2.75, 3.05) is 0 Å². The van der Waals surface area contributed by atoms with Gasteiger partial charge in [0.1, 0.15) is 6.34 Å². The predicted molar refractivity (Wildman–Crippen MR) is 37.8 cm³/mol. The van der Waals surface area contributed by atoms with Gasteiger partial charge < -0.3 is 0 Å². The molecule has 0 aromatic carbocycles. The molecule has 9 heavy (non-hydrogen) atoms. The molecule has 2 nitrogen and oxygen atoms in total. The molecule has 1 radical (unpaired) electrons. The summed E-state index contributed by atoms with van der Waals surface area (Å²) in [5, 5.41) is 6.65. The summed E-state index contributed by atoms with van der Waals surface area (Å²) in [4.78, 5) is 3.75. The van der Waals surface area contributed by atoms with Crippen LogP contribution in [0.1, 0.15) is 6.42 Å². The molecule has 0 saturated heterocycles. The van der Waals surface area contributed by atoms with Gasteiger partial charge in [-0.1, -0.05) is 18.2 Å². The van der Waals surface area contributed by atoms with E-state index in [-0.39, 0.29) is 0 Å². The summed E-state index contributed by atoms with van der Waals surface area (Å²) in [6, 6.07) is 0. The van der Waals surface area contributed by atoms with Gasteiger partial charge in [0.15, 0.2) is 0 Å². The van der Waals surface area contributed by atoms with Crippen molar-refractivity contribution >= 4 is 12.1 Å². The van der Waals surface area contributed by atoms with Gasteiger partial charge in [-0.05, 0) is 0 Å². The number of allylic oxidation sites excluding steroid dienone is 4. The van der Waals surface area contributed by atoms with Crippen LogP contribution in [0.2, 0.25) is 0 Å². The van der Waals surface area contributed by atoms with E-state index in [9.17, 15) is 0 Å². The molecule has 0 aromatic heterocycles. The average molecular weight is 119 g/mol. The first kappa shape index (κ1) is 5.95. The first-order valence-corrected chi connectivity index (χ1v) is 2.74. The first-order valence-electron chi connectivity index (χ1n) is 2.74. The number of aliphatic imine (C=N–C) groups is 1. The summed E-state index contributed by atoms with van der Waals surface area (Å²) >= 11 is 0. The minimum Gasteiger partial charge on any atom is -0.290 e. The highest BCUT2D eigenvalue weighted by molar-refractivity contribution is 5.97. The number of hydrogen-bond donors (Lipinski definition) is 1. The Kier molecular flexibility index (Phi) is 1.96. The molecule has 0 aromatic rings. The predicted octanol–water partition coefficient (Wildman–Crippen LogP) is 1.35. The van der Waals surface area contributed by atoms with Gasteiger partial charge in [-0.3, -0.25) is 5.41 Å². The van der Waals surface area contributed by atoms with Crippen molar-refractivity contribution in [3.63, 3.8) is 0 Å². The van der Waals surface area contributed by atoms with Crippen LogP contribution >= 0.6 is 0 Å². The summed E-state index contributed by atoms with van der Waals surface area (Å²) in [6.07, 6.45) is 10.4. The zero-order valence-corrected chi connectivity index (χ0v) is 4.96. The Hall–Kier alpha value is -1.18. The highest BCUT2D eigenvalue weighted by Crippen LogP contribution is 1.96. The largest absolute Gasteiger partial charge is 0.290 e. The molecule has 1 aliphatic carbocycles. The van der Waals surface area contributed by atoms with Crippen molar-refractivity contribution in [1.82, 2.24) is 0 Å². The fourth-order valence-corrected chi connectivity index (χ4v) is 0.619. The lowest BCUT2D eigenvalue weighted by Crippen LogP contribution is -1.94. The third kappa shape index (κ3) is 1.64. The maximum absolute atomic E-state index is 6.65. The first-order chi connectivity index (χ1) is 4.43. The van der Waals surface area contributed by atoms with Crippen LogP contribution in [0.5, 0.6) is 0 Å². The summed E-state index contributed by atoms with van der Waals surface area (Å²) in [6.45, 7) is 0. The van der Waals surface area contributed by atoms with E-state index in [2.05, 4.69) is 11.1 Å². The number of rotatable bonds is 1. The second-order valence-electron chi connectivity index (χ2n) is 1.65. The molecule has 1 rings (SSSR count). The average Bonchev–Trinajstić information content (AvgIpc) is 1.91. The van der Waals surface area contributed by atoms with Crippen LogP contribution in [0, 0.1) is 11.5 Å². The lowest BCUT2D eigenvalue weighted by atomic mass is 10.2. The van der Waals surface area contributed by atoms with Crippen molar-refractivity contribution in [1.29, 1.82) is 5.41 Å². The molecule has 0 fully saturated rings. The maximum atomic E-state index is 6.65. The second-order valence-corrected chi connectivity index (χ2v) is 1.65. The summed E-state index contributed by atoms with van der Waals surface area (Å²) < 4.78 is 0. The monoisotopic (exact) mass is 119 g/mol. The van der Waals surface area contributed by atoms with Gasteiger partial charge in [0.2, 0.25) is 0 Å². The van der Waals surface area contributed by atoms with E-state index in [1.807, 2.05) is 12.2 Å². The molecule has 1 aliphatic rings. The Balaban J connectivity index is 2.65. The van der Waals surface area contributed by atoms with Crippen molar-refractivity contribution < 1.29 is 0 Å². The molecule has 0 bridgehead atoms. The molecular weight excluding hydrogens is 112 g/mol. The molecule has 0 unspecified atom stereocenters. The molecule has 0 aliphatic heterocycles. The molecule has 0 heterocycles. The lowest BCUT2D eigenvalue weighted by Gasteiger charge is -1.95. The quantitative estimate of drug-likeness (QED) is 0.399. The van der Waals surface area contributed by atoms with Gasteiger partial charge in [-0.15, -0.1) is 0 Å². The smallest absolute Gasteiger partial charge is 0.107 e. The fraction of sp³-hybridized carbons (Fsp3) is 0.143. The second kappa shape index (κ2) is 2.97. The molecular formula is C7H7N2. The third-order valence-corrected chi connectivity index (χ3v) is 1.01. The molecule has 0 spiro atoms. The Labute approximate surface area is 54.1 Å². The van der Waals surface area contributed by atoms with E-state index in [1.165, 1.54) is 0 Å². The summed E-state index contributed by atoms with van der Waals surface area (Å²) in [7, 11) is 0. The normalized spacial score (nSPS) is 20.7. The SMILES string of the molecule is N=CN=C1[C]=CC=CC1. The van der Waals surface area contributed by atoms with E-state index in [0.717, 1.165) is 18.5 Å². The topological polar surface area (TPSA) is 36.2 Å². The Morgan fingerprint density at radius 3 is 3.22 bits per heavy atom. The lowest BCUT2D eigenvalue weighted by molar-refractivity contribution is 1.41. The third-order valence-electron chi connectivity index (χ3n) is 1.01. The molecule has 0 atom stereocenters. The Morgan fingerprint density at radius 2 is 2.67 bits per heavy atom. The van der Waals surface area contributed by atoms with Crippen molar-refractivity contribution in [3.8, 4) is 0 Å². The minimum atomic E-state index is 0.798. The van der Waals surface area contributed by atoms with Crippen molar-refractivity contribution in [2.24, 2.45) is 4.99 Å².